The van der Waals surface area contributed by atoms with E-state index in [0.29, 0.717) is 16.7 Å². The van der Waals surface area contributed by atoms with Crippen molar-refractivity contribution in [2.45, 2.75) is 0 Å². The summed E-state index contributed by atoms with van der Waals surface area (Å²) < 4.78 is 14.5. The SMILES string of the molecule is O=c1c2ccc(-c3ccc(F)cc3)nc2[nH]n1-c1ccccc1. The van der Waals surface area contributed by atoms with Crippen molar-refractivity contribution in [2.24, 2.45) is 0 Å². The molecule has 4 nitrogen and oxygen atoms in total. The minimum Gasteiger partial charge on any atom is -0.274 e. The molecule has 112 valence electrons. The predicted octanol–water partition coefficient (Wildman–Crippen LogP) is 3.52. The average molecular weight is 305 g/mol. The molecule has 23 heavy (non-hydrogen) atoms. The van der Waals surface area contributed by atoms with E-state index in [1.54, 1.807) is 24.3 Å². The molecule has 0 radical (unpaired) electrons. The van der Waals surface area contributed by atoms with Crippen molar-refractivity contribution < 1.29 is 4.39 Å². The van der Waals surface area contributed by atoms with Crippen molar-refractivity contribution >= 4 is 11.0 Å². The highest BCUT2D eigenvalue weighted by Crippen LogP contribution is 2.19. The summed E-state index contributed by atoms with van der Waals surface area (Å²) in [5.74, 6) is -0.293. The third kappa shape index (κ3) is 2.32. The molecule has 0 aliphatic rings. The third-order valence-corrected chi connectivity index (χ3v) is 3.70. The lowest BCUT2D eigenvalue weighted by Gasteiger charge is -2.00. The maximum Gasteiger partial charge on any atom is 0.280 e. The van der Waals surface area contributed by atoms with Crippen LogP contribution in [0.3, 0.4) is 0 Å². The number of nitrogens with one attached hydrogen (secondary N) is 1. The van der Waals surface area contributed by atoms with Crippen LogP contribution in [0.25, 0.3) is 28.0 Å². The standard InChI is InChI=1S/C18H12FN3O/c19-13-8-6-12(7-9-13)16-11-10-15-17(20-16)21-22(18(15)23)14-4-2-1-3-5-14/h1-11H,(H,20,21). The summed E-state index contributed by atoms with van der Waals surface area (Å²) in [6.45, 7) is 0. The number of benzene rings is 2. The summed E-state index contributed by atoms with van der Waals surface area (Å²) in [5, 5.41) is 3.53. The molecular formula is C18H12FN3O. The van der Waals surface area contributed by atoms with Crippen molar-refractivity contribution in [1.82, 2.24) is 14.8 Å². The van der Waals surface area contributed by atoms with Crippen LogP contribution >= 0.6 is 0 Å². The van der Waals surface area contributed by atoms with Crippen LogP contribution in [0.4, 0.5) is 4.39 Å². The summed E-state index contributed by atoms with van der Waals surface area (Å²) in [7, 11) is 0. The summed E-state index contributed by atoms with van der Waals surface area (Å²) >= 11 is 0. The first kappa shape index (κ1) is 13.5. The van der Waals surface area contributed by atoms with Gasteiger partial charge in [0.25, 0.3) is 5.56 Å². The van der Waals surface area contributed by atoms with E-state index in [4.69, 9.17) is 0 Å². The lowest BCUT2D eigenvalue weighted by atomic mass is 10.1. The van der Waals surface area contributed by atoms with Crippen molar-refractivity contribution in [3.05, 3.63) is 82.9 Å². The number of halogens is 1. The van der Waals surface area contributed by atoms with E-state index in [9.17, 15) is 9.18 Å². The Hall–Kier alpha value is -3.21. The van der Waals surface area contributed by atoms with E-state index in [1.807, 2.05) is 30.3 Å². The molecule has 0 bridgehead atoms. The summed E-state index contributed by atoms with van der Waals surface area (Å²) in [5.41, 5.74) is 2.57. The Morgan fingerprint density at radius 2 is 1.65 bits per heavy atom. The molecular weight excluding hydrogens is 293 g/mol. The van der Waals surface area contributed by atoms with Crippen LogP contribution in [0.5, 0.6) is 0 Å². The second-order valence-electron chi connectivity index (χ2n) is 5.19. The molecule has 0 fully saturated rings. The highest BCUT2D eigenvalue weighted by molar-refractivity contribution is 5.78. The van der Waals surface area contributed by atoms with Crippen molar-refractivity contribution in [3.8, 4) is 16.9 Å². The zero-order valence-corrected chi connectivity index (χ0v) is 12.0. The van der Waals surface area contributed by atoms with Crippen molar-refractivity contribution in [1.29, 1.82) is 0 Å². The average Bonchev–Trinajstić information content (AvgIpc) is 2.93. The monoisotopic (exact) mass is 305 g/mol. The Bertz CT molecular complexity index is 1030. The molecule has 1 N–H and O–H groups in total. The smallest absolute Gasteiger partial charge is 0.274 e. The molecule has 0 atom stereocenters. The van der Waals surface area contributed by atoms with Gasteiger partial charge in [-0.1, -0.05) is 18.2 Å². The van der Waals surface area contributed by atoms with E-state index in [0.717, 1.165) is 11.3 Å². The molecule has 0 spiro atoms. The van der Waals surface area contributed by atoms with Crippen LogP contribution in [-0.4, -0.2) is 14.8 Å². The lowest BCUT2D eigenvalue weighted by Crippen LogP contribution is -2.13. The highest BCUT2D eigenvalue weighted by Gasteiger charge is 2.10. The van der Waals surface area contributed by atoms with E-state index >= 15 is 0 Å². The predicted molar refractivity (Wildman–Crippen MR) is 87.1 cm³/mol. The Morgan fingerprint density at radius 3 is 2.39 bits per heavy atom. The van der Waals surface area contributed by atoms with Gasteiger partial charge in [-0.3, -0.25) is 9.89 Å². The van der Waals surface area contributed by atoms with Gasteiger partial charge in [-0.15, -0.1) is 0 Å². The molecule has 0 amide bonds. The number of aromatic nitrogens is 3. The Kier molecular flexibility index (Phi) is 3.05. The lowest BCUT2D eigenvalue weighted by molar-refractivity contribution is 0.628. The van der Waals surface area contributed by atoms with E-state index in [-0.39, 0.29) is 11.4 Å². The summed E-state index contributed by atoms with van der Waals surface area (Å²) in [6.07, 6.45) is 0. The van der Waals surface area contributed by atoms with Gasteiger partial charge in [-0.05, 0) is 48.5 Å². The number of rotatable bonds is 2. The van der Waals surface area contributed by atoms with Gasteiger partial charge in [0.1, 0.15) is 5.82 Å². The number of para-hydroxylation sites is 1. The molecule has 0 saturated carbocycles. The molecule has 2 aromatic heterocycles. The fraction of sp³-hybridized carbons (Fsp3) is 0. The Labute approximate surface area is 130 Å². The molecule has 0 aliphatic heterocycles. The second kappa shape index (κ2) is 5.21. The van der Waals surface area contributed by atoms with Crippen LogP contribution in [-0.2, 0) is 0 Å². The number of pyridine rings is 1. The summed E-state index contributed by atoms with van der Waals surface area (Å²) in [4.78, 5) is 16.9. The van der Waals surface area contributed by atoms with Crippen LogP contribution in [0, 0.1) is 5.82 Å². The van der Waals surface area contributed by atoms with Crippen molar-refractivity contribution in [2.75, 3.05) is 0 Å². The van der Waals surface area contributed by atoms with Gasteiger partial charge >= 0.3 is 0 Å². The van der Waals surface area contributed by atoms with E-state index in [2.05, 4.69) is 10.1 Å². The summed E-state index contributed by atoms with van der Waals surface area (Å²) in [6, 6.07) is 18.9. The van der Waals surface area contributed by atoms with E-state index < -0.39 is 0 Å². The first-order valence-corrected chi connectivity index (χ1v) is 7.15. The van der Waals surface area contributed by atoms with Gasteiger partial charge in [0.15, 0.2) is 5.65 Å². The molecule has 0 saturated heterocycles. The maximum atomic E-state index is 13.0. The van der Waals surface area contributed by atoms with Crippen molar-refractivity contribution in [3.63, 3.8) is 0 Å². The van der Waals surface area contributed by atoms with Gasteiger partial charge in [0, 0.05) is 5.56 Å². The van der Waals surface area contributed by atoms with E-state index in [1.165, 1.54) is 16.8 Å². The highest BCUT2D eigenvalue weighted by atomic mass is 19.1. The van der Waals surface area contributed by atoms with Gasteiger partial charge in [-0.25, -0.2) is 14.1 Å². The zero-order valence-electron chi connectivity index (χ0n) is 12.0. The zero-order chi connectivity index (χ0) is 15.8. The largest absolute Gasteiger partial charge is 0.280 e. The number of fused-ring (bicyclic) bond motifs is 1. The molecule has 2 heterocycles. The molecule has 5 heteroatoms. The fourth-order valence-corrected chi connectivity index (χ4v) is 2.53. The van der Waals surface area contributed by atoms with Gasteiger partial charge in [-0.2, -0.15) is 0 Å². The van der Waals surface area contributed by atoms with Crippen LogP contribution in [0.15, 0.2) is 71.5 Å². The third-order valence-electron chi connectivity index (χ3n) is 3.70. The molecule has 0 unspecified atom stereocenters. The number of hydrogen-bond acceptors (Lipinski definition) is 2. The fourth-order valence-electron chi connectivity index (χ4n) is 2.53. The van der Waals surface area contributed by atoms with Crippen LogP contribution in [0.1, 0.15) is 0 Å². The van der Waals surface area contributed by atoms with Gasteiger partial charge in [0.05, 0.1) is 16.8 Å². The second-order valence-corrected chi connectivity index (χ2v) is 5.19. The first-order valence-electron chi connectivity index (χ1n) is 7.15. The minimum absolute atomic E-state index is 0.149. The quantitative estimate of drug-likeness (QED) is 0.616. The Morgan fingerprint density at radius 1 is 0.913 bits per heavy atom. The molecule has 4 aromatic rings. The first-order chi connectivity index (χ1) is 11.2. The number of hydrogen-bond donors (Lipinski definition) is 1. The normalized spacial score (nSPS) is 11.0. The van der Waals surface area contributed by atoms with Crippen LogP contribution in [0.2, 0.25) is 0 Å². The topological polar surface area (TPSA) is 50.7 Å². The molecule has 2 aromatic carbocycles. The maximum absolute atomic E-state index is 13.0. The molecule has 4 rings (SSSR count). The molecule has 0 aliphatic carbocycles. The number of aromatic amines is 1. The van der Waals surface area contributed by atoms with Crippen LogP contribution < -0.4 is 5.56 Å². The number of H-pyrrole nitrogens is 1. The Balaban J connectivity index is 1.87. The van der Waals surface area contributed by atoms with Gasteiger partial charge < -0.3 is 0 Å². The van der Waals surface area contributed by atoms with Gasteiger partial charge in [0.2, 0.25) is 0 Å². The minimum atomic E-state index is -0.293. The number of nitrogens with zero attached hydrogens (tertiary/aromatic N) is 2.